The lowest BCUT2D eigenvalue weighted by Gasteiger charge is -2.22. The van der Waals surface area contributed by atoms with Crippen molar-refractivity contribution in [1.29, 1.82) is 0 Å². The Bertz CT molecular complexity index is 459. The van der Waals surface area contributed by atoms with Crippen molar-refractivity contribution in [2.45, 2.75) is 27.2 Å². The van der Waals surface area contributed by atoms with Gasteiger partial charge < -0.3 is 4.90 Å². The molecule has 4 nitrogen and oxygen atoms in total. The van der Waals surface area contributed by atoms with Gasteiger partial charge in [-0.1, -0.05) is 25.4 Å². The molecule has 0 spiro atoms. The number of aromatic nitrogens is 2. The summed E-state index contributed by atoms with van der Waals surface area (Å²) in [6.45, 7) is 8.00. The molecule has 0 N–H and O–H groups in total. The van der Waals surface area contributed by atoms with Crippen LogP contribution in [0.2, 0.25) is 5.15 Å². The van der Waals surface area contributed by atoms with E-state index in [0.717, 1.165) is 25.8 Å². The zero-order valence-electron chi connectivity index (χ0n) is 10.3. The standard InChI is InChI=1S/C12H16ClN3O/c1-8-14-10(13)9(6-17)11(15-8)16-5-4-12(2,3)7-16/h6H,4-5,7H2,1-3H3. The van der Waals surface area contributed by atoms with Gasteiger partial charge in [0.2, 0.25) is 0 Å². The van der Waals surface area contributed by atoms with Crippen molar-refractivity contribution in [2.75, 3.05) is 18.0 Å². The van der Waals surface area contributed by atoms with Crippen LogP contribution in [0.3, 0.4) is 0 Å². The van der Waals surface area contributed by atoms with Crippen molar-refractivity contribution in [2.24, 2.45) is 5.41 Å². The number of rotatable bonds is 2. The van der Waals surface area contributed by atoms with Gasteiger partial charge in [-0.2, -0.15) is 0 Å². The number of hydrogen-bond acceptors (Lipinski definition) is 4. The molecule has 1 aromatic heterocycles. The number of aryl methyl sites for hydroxylation is 1. The second-order valence-corrected chi connectivity index (χ2v) is 5.61. The van der Waals surface area contributed by atoms with E-state index in [-0.39, 0.29) is 10.6 Å². The van der Waals surface area contributed by atoms with Crippen LogP contribution in [0.1, 0.15) is 36.5 Å². The summed E-state index contributed by atoms with van der Waals surface area (Å²) in [7, 11) is 0. The van der Waals surface area contributed by atoms with Gasteiger partial charge in [0.1, 0.15) is 16.8 Å². The van der Waals surface area contributed by atoms with Crippen molar-refractivity contribution >= 4 is 23.7 Å². The van der Waals surface area contributed by atoms with Crippen LogP contribution in [0.25, 0.3) is 0 Å². The molecule has 92 valence electrons. The van der Waals surface area contributed by atoms with E-state index in [9.17, 15) is 4.79 Å². The first-order valence-electron chi connectivity index (χ1n) is 5.67. The highest BCUT2D eigenvalue weighted by molar-refractivity contribution is 6.32. The smallest absolute Gasteiger partial charge is 0.156 e. The molecular formula is C12H16ClN3O. The van der Waals surface area contributed by atoms with E-state index in [1.165, 1.54) is 0 Å². The van der Waals surface area contributed by atoms with Crippen LogP contribution in [0, 0.1) is 12.3 Å². The molecule has 0 unspecified atom stereocenters. The van der Waals surface area contributed by atoms with Crippen molar-refractivity contribution in [1.82, 2.24) is 9.97 Å². The highest BCUT2D eigenvalue weighted by Crippen LogP contribution is 2.33. The van der Waals surface area contributed by atoms with Crippen LogP contribution in [0.4, 0.5) is 5.82 Å². The second kappa shape index (κ2) is 4.26. The van der Waals surface area contributed by atoms with E-state index in [1.54, 1.807) is 6.92 Å². The summed E-state index contributed by atoms with van der Waals surface area (Å²) in [4.78, 5) is 21.6. The summed E-state index contributed by atoms with van der Waals surface area (Å²) < 4.78 is 0. The van der Waals surface area contributed by atoms with Crippen molar-refractivity contribution in [3.8, 4) is 0 Å². The fourth-order valence-corrected chi connectivity index (χ4v) is 2.42. The maximum absolute atomic E-state index is 11.1. The molecule has 1 aromatic rings. The molecule has 0 amide bonds. The van der Waals surface area contributed by atoms with Crippen molar-refractivity contribution in [3.05, 3.63) is 16.5 Å². The molecule has 1 saturated heterocycles. The Balaban J connectivity index is 2.42. The van der Waals surface area contributed by atoms with Crippen molar-refractivity contribution in [3.63, 3.8) is 0 Å². The predicted molar refractivity (Wildman–Crippen MR) is 67.8 cm³/mol. The lowest BCUT2D eigenvalue weighted by molar-refractivity contribution is 0.112. The second-order valence-electron chi connectivity index (χ2n) is 5.25. The summed E-state index contributed by atoms with van der Waals surface area (Å²) in [5.41, 5.74) is 0.654. The number of carbonyl (C=O) groups excluding carboxylic acids is 1. The van der Waals surface area contributed by atoms with Crippen LogP contribution in [-0.2, 0) is 0 Å². The normalized spacial score (nSPS) is 18.5. The number of nitrogens with zero attached hydrogens (tertiary/aromatic N) is 3. The Hall–Kier alpha value is -1.16. The molecule has 0 saturated carbocycles. The van der Waals surface area contributed by atoms with Gasteiger partial charge in [0.25, 0.3) is 0 Å². The van der Waals surface area contributed by atoms with E-state index in [0.29, 0.717) is 17.2 Å². The maximum atomic E-state index is 11.1. The Morgan fingerprint density at radius 2 is 2.12 bits per heavy atom. The van der Waals surface area contributed by atoms with Gasteiger partial charge in [0.05, 0.1) is 5.56 Å². The van der Waals surface area contributed by atoms with Crippen LogP contribution >= 0.6 is 11.6 Å². The first-order chi connectivity index (χ1) is 7.93. The third kappa shape index (κ3) is 2.41. The molecule has 0 bridgehead atoms. The molecule has 1 aliphatic rings. The highest BCUT2D eigenvalue weighted by Gasteiger charge is 2.31. The minimum atomic E-state index is 0.243. The van der Waals surface area contributed by atoms with Crippen LogP contribution in [-0.4, -0.2) is 29.3 Å². The molecule has 5 heteroatoms. The predicted octanol–water partition coefficient (Wildman–Crippen LogP) is 2.49. The van der Waals surface area contributed by atoms with E-state index in [4.69, 9.17) is 11.6 Å². The third-order valence-corrected chi connectivity index (χ3v) is 3.37. The fraction of sp³-hybridized carbons (Fsp3) is 0.583. The average molecular weight is 254 g/mol. The summed E-state index contributed by atoms with van der Waals surface area (Å²) in [5.74, 6) is 1.27. The Labute approximate surface area is 106 Å². The average Bonchev–Trinajstić information content (AvgIpc) is 2.57. The zero-order chi connectivity index (χ0) is 12.6. The van der Waals surface area contributed by atoms with Gasteiger partial charge in [0, 0.05) is 13.1 Å². The number of anilines is 1. The first-order valence-corrected chi connectivity index (χ1v) is 6.05. The molecular weight excluding hydrogens is 238 g/mol. The maximum Gasteiger partial charge on any atom is 0.156 e. The highest BCUT2D eigenvalue weighted by atomic mass is 35.5. The quantitative estimate of drug-likeness (QED) is 0.600. The molecule has 1 aliphatic heterocycles. The zero-order valence-corrected chi connectivity index (χ0v) is 11.1. The third-order valence-electron chi connectivity index (χ3n) is 3.09. The van der Waals surface area contributed by atoms with Crippen LogP contribution in [0.5, 0.6) is 0 Å². The first kappa shape index (κ1) is 12.3. The van der Waals surface area contributed by atoms with Crippen LogP contribution < -0.4 is 4.90 Å². The number of aldehydes is 1. The molecule has 0 aromatic carbocycles. The molecule has 0 atom stereocenters. The summed E-state index contributed by atoms with van der Waals surface area (Å²) >= 11 is 5.98. The Morgan fingerprint density at radius 1 is 1.41 bits per heavy atom. The van der Waals surface area contributed by atoms with Gasteiger partial charge in [-0.3, -0.25) is 4.79 Å². The molecule has 17 heavy (non-hydrogen) atoms. The molecule has 0 aliphatic carbocycles. The Kier molecular flexibility index (Phi) is 3.08. The molecule has 2 heterocycles. The molecule has 1 fully saturated rings. The van der Waals surface area contributed by atoms with Gasteiger partial charge in [-0.05, 0) is 18.8 Å². The van der Waals surface area contributed by atoms with E-state index in [2.05, 4.69) is 28.7 Å². The summed E-state index contributed by atoms with van der Waals surface area (Å²) in [6, 6.07) is 0. The monoisotopic (exact) mass is 253 g/mol. The summed E-state index contributed by atoms with van der Waals surface area (Å²) in [6.07, 6.45) is 1.83. The van der Waals surface area contributed by atoms with Crippen molar-refractivity contribution < 1.29 is 4.79 Å². The number of hydrogen-bond donors (Lipinski definition) is 0. The minimum absolute atomic E-state index is 0.243. The van der Waals surface area contributed by atoms with E-state index in [1.807, 2.05) is 0 Å². The fourth-order valence-electron chi connectivity index (χ4n) is 2.17. The van der Waals surface area contributed by atoms with Gasteiger partial charge in [0.15, 0.2) is 6.29 Å². The topological polar surface area (TPSA) is 46.1 Å². The number of carbonyl (C=O) groups is 1. The minimum Gasteiger partial charge on any atom is -0.355 e. The SMILES string of the molecule is Cc1nc(Cl)c(C=O)c(N2CCC(C)(C)C2)n1. The number of halogens is 1. The van der Waals surface area contributed by atoms with E-state index < -0.39 is 0 Å². The van der Waals surface area contributed by atoms with Gasteiger partial charge in [-0.25, -0.2) is 9.97 Å². The van der Waals surface area contributed by atoms with E-state index >= 15 is 0 Å². The Morgan fingerprint density at radius 3 is 2.65 bits per heavy atom. The largest absolute Gasteiger partial charge is 0.355 e. The lowest BCUT2D eigenvalue weighted by atomic mass is 9.93. The molecule has 0 radical (unpaired) electrons. The lowest BCUT2D eigenvalue weighted by Crippen LogP contribution is -2.25. The van der Waals surface area contributed by atoms with Crippen LogP contribution in [0.15, 0.2) is 0 Å². The summed E-state index contributed by atoms with van der Waals surface area (Å²) in [5, 5.41) is 0.243. The van der Waals surface area contributed by atoms with Gasteiger partial charge >= 0.3 is 0 Å². The molecule has 2 rings (SSSR count). The van der Waals surface area contributed by atoms with Gasteiger partial charge in [-0.15, -0.1) is 0 Å².